The van der Waals surface area contributed by atoms with Crippen LogP contribution >= 0.6 is 23.2 Å². The van der Waals surface area contributed by atoms with Crippen molar-refractivity contribution in [1.82, 2.24) is 4.72 Å². The Hall–Kier alpha value is -1.31. The van der Waals surface area contributed by atoms with E-state index in [4.69, 9.17) is 23.2 Å². The van der Waals surface area contributed by atoms with Crippen LogP contribution < -0.4 is 10.0 Å². The van der Waals surface area contributed by atoms with E-state index in [1.807, 2.05) is 4.72 Å². The molecule has 2 N–H and O–H groups in total. The zero-order valence-electron chi connectivity index (χ0n) is 12.1. The van der Waals surface area contributed by atoms with E-state index in [0.717, 1.165) is 6.42 Å². The van der Waals surface area contributed by atoms with Crippen molar-refractivity contribution in [2.24, 2.45) is 0 Å². The van der Waals surface area contributed by atoms with Crippen molar-refractivity contribution in [3.8, 4) is 0 Å². The van der Waals surface area contributed by atoms with Crippen LogP contribution in [-0.2, 0) is 14.8 Å². The minimum Gasteiger partial charge on any atom is -0.306 e. The molecule has 1 aliphatic rings. The molecule has 1 aromatic carbocycles. The lowest BCUT2D eigenvalue weighted by Crippen LogP contribution is -2.43. The molecule has 23 heavy (non-hydrogen) atoms. The number of sulfonamides is 1. The first kappa shape index (κ1) is 18.0. The van der Waals surface area contributed by atoms with Gasteiger partial charge >= 0.3 is 6.03 Å². The van der Waals surface area contributed by atoms with Gasteiger partial charge < -0.3 is 5.32 Å². The number of carbonyl (C=O) groups is 2. The first-order valence-corrected chi connectivity index (χ1v) is 9.40. The second-order valence-electron chi connectivity index (χ2n) is 5.28. The van der Waals surface area contributed by atoms with Gasteiger partial charge in [0, 0.05) is 11.4 Å². The van der Waals surface area contributed by atoms with Crippen LogP contribution in [-0.4, -0.2) is 25.5 Å². The van der Waals surface area contributed by atoms with Crippen molar-refractivity contribution in [3.63, 3.8) is 0 Å². The molecule has 1 aliphatic carbocycles. The van der Waals surface area contributed by atoms with Gasteiger partial charge in [0.2, 0.25) is 10.0 Å². The first-order valence-electron chi connectivity index (χ1n) is 7.10. The maximum Gasteiger partial charge on any atom is 0.332 e. The average molecular weight is 379 g/mol. The number of benzene rings is 1. The first-order chi connectivity index (χ1) is 10.8. The minimum absolute atomic E-state index is 0.180. The van der Waals surface area contributed by atoms with Crippen LogP contribution in [0.2, 0.25) is 10.0 Å². The van der Waals surface area contributed by atoms with E-state index in [9.17, 15) is 18.0 Å². The number of urea groups is 1. The molecule has 126 valence electrons. The maximum atomic E-state index is 12.2. The molecule has 0 aromatic heterocycles. The fraction of sp³-hybridized carbons (Fsp3) is 0.429. The van der Waals surface area contributed by atoms with Crippen molar-refractivity contribution in [2.75, 3.05) is 5.32 Å². The molecular weight excluding hydrogens is 363 g/mol. The zero-order valence-corrected chi connectivity index (χ0v) is 14.5. The number of rotatable bonds is 3. The third kappa shape index (κ3) is 4.83. The SMILES string of the molecule is O=C(Nc1cc(Cl)ccc1Cl)NS(=O)(=O)C1CCCCCC1=O. The van der Waals surface area contributed by atoms with E-state index in [-0.39, 0.29) is 29.3 Å². The fourth-order valence-electron chi connectivity index (χ4n) is 2.40. The van der Waals surface area contributed by atoms with Gasteiger partial charge in [0.05, 0.1) is 10.7 Å². The van der Waals surface area contributed by atoms with Gasteiger partial charge in [0.1, 0.15) is 5.25 Å². The molecule has 1 atom stereocenters. The summed E-state index contributed by atoms with van der Waals surface area (Å²) in [4.78, 5) is 23.8. The topological polar surface area (TPSA) is 92.3 Å². The largest absolute Gasteiger partial charge is 0.332 e. The van der Waals surface area contributed by atoms with Crippen LogP contribution in [0.25, 0.3) is 0 Å². The molecule has 1 unspecified atom stereocenters. The molecule has 2 amide bonds. The van der Waals surface area contributed by atoms with Gasteiger partial charge in [-0.3, -0.25) is 4.79 Å². The molecule has 0 aliphatic heterocycles. The smallest absolute Gasteiger partial charge is 0.306 e. The molecule has 6 nitrogen and oxygen atoms in total. The molecule has 1 fully saturated rings. The molecule has 1 saturated carbocycles. The maximum absolute atomic E-state index is 12.2. The summed E-state index contributed by atoms with van der Waals surface area (Å²) in [6, 6.07) is 3.43. The lowest BCUT2D eigenvalue weighted by atomic mass is 10.2. The van der Waals surface area contributed by atoms with Gasteiger partial charge in [-0.05, 0) is 31.0 Å². The number of halogens is 2. The van der Waals surface area contributed by atoms with Gasteiger partial charge in [0.25, 0.3) is 0 Å². The number of hydrogen-bond acceptors (Lipinski definition) is 4. The molecule has 0 heterocycles. The van der Waals surface area contributed by atoms with Crippen LogP contribution in [0.15, 0.2) is 18.2 Å². The van der Waals surface area contributed by atoms with E-state index in [0.29, 0.717) is 17.9 Å². The summed E-state index contributed by atoms with van der Waals surface area (Å²) >= 11 is 11.7. The lowest BCUT2D eigenvalue weighted by molar-refractivity contribution is -0.118. The van der Waals surface area contributed by atoms with Gasteiger partial charge in [0.15, 0.2) is 5.78 Å². The highest BCUT2D eigenvalue weighted by Crippen LogP contribution is 2.25. The molecule has 1 aromatic rings. The molecular formula is C14H16Cl2N2O4S. The van der Waals surface area contributed by atoms with Crippen molar-refractivity contribution in [2.45, 2.75) is 37.4 Å². The summed E-state index contributed by atoms with van der Waals surface area (Å²) in [5, 5.41) is 1.69. The predicted octanol–water partition coefficient (Wildman–Crippen LogP) is 3.35. The van der Waals surface area contributed by atoms with Crippen molar-refractivity contribution >= 4 is 50.7 Å². The summed E-state index contributed by atoms with van der Waals surface area (Å²) in [6.45, 7) is 0. The highest BCUT2D eigenvalue weighted by atomic mass is 35.5. The Kier molecular flexibility index (Phi) is 5.89. The highest BCUT2D eigenvalue weighted by Gasteiger charge is 2.34. The molecule has 9 heteroatoms. The van der Waals surface area contributed by atoms with Crippen LogP contribution in [0.1, 0.15) is 32.1 Å². The Bertz CT molecular complexity index is 721. The average Bonchev–Trinajstić information content (AvgIpc) is 2.67. The van der Waals surface area contributed by atoms with E-state index < -0.39 is 21.3 Å². The summed E-state index contributed by atoms with van der Waals surface area (Å²) in [5.41, 5.74) is 0.180. The Morgan fingerprint density at radius 1 is 1.17 bits per heavy atom. The Balaban J connectivity index is 2.09. The second kappa shape index (κ2) is 7.51. The van der Waals surface area contributed by atoms with Gasteiger partial charge in [-0.25, -0.2) is 17.9 Å². The molecule has 0 bridgehead atoms. The van der Waals surface area contributed by atoms with E-state index in [2.05, 4.69) is 5.32 Å². The lowest BCUT2D eigenvalue weighted by Gasteiger charge is -2.15. The summed E-state index contributed by atoms with van der Waals surface area (Å²) < 4.78 is 26.4. The second-order valence-corrected chi connectivity index (χ2v) is 7.99. The van der Waals surface area contributed by atoms with Crippen LogP contribution in [0.4, 0.5) is 10.5 Å². The fourth-order valence-corrected chi connectivity index (χ4v) is 4.13. The third-order valence-electron chi connectivity index (χ3n) is 3.53. The predicted molar refractivity (Wildman–Crippen MR) is 89.4 cm³/mol. The molecule has 2 rings (SSSR count). The number of amides is 2. The van der Waals surface area contributed by atoms with Crippen molar-refractivity contribution in [3.05, 3.63) is 28.2 Å². The monoisotopic (exact) mass is 378 g/mol. The van der Waals surface area contributed by atoms with E-state index in [1.54, 1.807) is 0 Å². The number of carbonyl (C=O) groups excluding carboxylic acids is 2. The van der Waals surface area contributed by atoms with Gasteiger partial charge in [-0.1, -0.05) is 36.0 Å². The van der Waals surface area contributed by atoms with Gasteiger partial charge in [-0.2, -0.15) is 0 Å². The molecule has 0 radical (unpaired) electrons. The van der Waals surface area contributed by atoms with Crippen LogP contribution in [0, 0.1) is 0 Å². The normalized spacial score (nSPS) is 19.0. The Morgan fingerprint density at radius 2 is 1.91 bits per heavy atom. The van der Waals surface area contributed by atoms with Gasteiger partial charge in [-0.15, -0.1) is 0 Å². The summed E-state index contributed by atoms with van der Waals surface area (Å²) in [5.74, 6) is -0.358. The quantitative estimate of drug-likeness (QED) is 0.788. The Morgan fingerprint density at radius 3 is 2.65 bits per heavy atom. The highest BCUT2D eigenvalue weighted by molar-refractivity contribution is 7.91. The summed E-state index contributed by atoms with van der Waals surface area (Å²) in [6.07, 6.45) is 2.56. The number of Topliss-reactive ketones (excluding diaryl/α,β-unsaturated/α-hetero) is 1. The van der Waals surface area contributed by atoms with E-state index >= 15 is 0 Å². The summed E-state index contributed by atoms with van der Waals surface area (Å²) in [7, 11) is -4.09. The van der Waals surface area contributed by atoms with E-state index in [1.165, 1.54) is 18.2 Å². The van der Waals surface area contributed by atoms with Crippen molar-refractivity contribution < 1.29 is 18.0 Å². The third-order valence-corrected chi connectivity index (χ3v) is 5.82. The number of hydrogen-bond donors (Lipinski definition) is 2. The standard InChI is InChI=1S/C14H16Cl2N2O4S/c15-9-6-7-10(16)11(8-9)17-14(20)18-23(21,22)13-5-3-1-2-4-12(13)19/h6-8,13H,1-5H2,(H2,17,18,20). The number of nitrogens with one attached hydrogen (secondary N) is 2. The minimum atomic E-state index is -4.09. The number of ketones is 1. The molecule has 0 saturated heterocycles. The molecule has 0 spiro atoms. The van der Waals surface area contributed by atoms with Crippen molar-refractivity contribution in [1.29, 1.82) is 0 Å². The Labute approximate surface area is 144 Å². The zero-order chi connectivity index (χ0) is 17.0. The van der Waals surface area contributed by atoms with Crippen LogP contribution in [0.3, 0.4) is 0 Å². The van der Waals surface area contributed by atoms with Crippen LogP contribution in [0.5, 0.6) is 0 Å². The number of anilines is 1.